The fraction of sp³-hybridized carbons (Fsp3) is 0.412. The molecule has 11 rings (SSSR count). The van der Waals surface area contributed by atoms with Crippen molar-refractivity contribution in [3.05, 3.63) is 233 Å². The van der Waals surface area contributed by atoms with E-state index in [1.165, 1.54) is 86.5 Å². The number of ether oxygens (including phenoxy) is 2. The minimum absolute atomic E-state index is 0. The van der Waals surface area contributed by atoms with Gasteiger partial charge in [0.2, 0.25) is 0 Å². The van der Waals surface area contributed by atoms with Crippen LogP contribution in [-0.4, -0.2) is 82.1 Å². The number of halogens is 1. The van der Waals surface area contributed by atoms with Crippen molar-refractivity contribution in [3.8, 4) is 46.0 Å². The van der Waals surface area contributed by atoms with Crippen LogP contribution in [0.3, 0.4) is 0 Å². The molecular formula is C102H134Ag2ClCu4N6O8. The molecule has 2 aliphatic carbocycles. The van der Waals surface area contributed by atoms with Crippen molar-refractivity contribution in [1.29, 1.82) is 0 Å². The molecule has 0 aliphatic heterocycles. The summed E-state index contributed by atoms with van der Waals surface area (Å²) in [6.45, 7) is 49.1. The monoisotopic (exact) mass is 2070 g/mol. The molecule has 0 aromatic heterocycles. The zero-order chi connectivity index (χ0) is 88.1. The second kappa shape index (κ2) is 55.8. The number of hydrogen-bond donors (Lipinski definition) is 6. The molecule has 0 atom stereocenters. The van der Waals surface area contributed by atoms with Crippen LogP contribution in [0.2, 0.25) is 0 Å². The van der Waals surface area contributed by atoms with Gasteiger partial charge in [0.25, 0.3) is 0 Å². The number of phenolic OH excluding ortho intramolecular Hbond substituents is 6. The SMILES string of the molecule is CC=Nc1cc(C)cc(C)c1O.COc1cc(C=Nc2cccc(C(C)C)c2O)cc(C)c1OC.Cc1cc(C)c(C=Nc2cc(C)cc(C(C)(C)C)c2O)c(C)c1.Cc1cc(C)c(O)c(N=CC2CCCCC2)c1.Cc1cc(N=CC2CCCCC2)c(O)c(C(C)(C)C)c1.Cc1ccc(C=Nc2cc(C)cc(C(C)(C)C)c2O)cc1.[Ag].[Ag].[Cl][Cu].[Cu].[Cu].[Cu]. The van der Waals surface area contributed by atoms with Gasteiger partial charge < -0.3 is 40.1 Å². The van der Waals surface area contributed by atoms with Gasteiger partial charge in [-0.15, -0.1) is 0 Å². The first-order valence-corrected chi connectivity index (χ1v) is 42.5. The molecule has 2 saturated carbocycles. The average Bonchev–Trinajstić information content (AvgIpc) is 0.808. The first kappa shape index (κ1) is 116. The maximum atomic E-state index is 10.6. The fourth-order valence-electron chi connectivity index (χ4n) is 14.3. The number of rotatable bonds is 14. The van der Waals surface area contributed by atoms with E-state index in [0.717, 1.165) is 89.1 Å². The number of hydrogen-bond acceptors (Lipinski definition) is 14. The van der Waals surface area contributed by atoms with Gasteiger partial charge >= 0.3 is 25.2 Å². The van der Waals surface area contributed by atoms with Crippen LogP contribution >= 0.6 is 10.1 Å². The van der Waals surface area contributed by atoms with Gasteiger partial charge in [0, 0.05) is 150 Å². The van der Waals surface area contributed by atoms with E-state index >= 15 is 0 Å². The zero-order valence-electron chi connectivity index (χ0n) is 76.8. The molecule has 693 valence electrons. The summed E-state index contributed by atoms with van der Waals surface area (Å²) < 4.78 is 10.7. The van der Waals surface area contributed by atoms with E-state index in [0.29, 0.717) is 63.3 Å². The summed E-state index contributed by atoms with van der Waals surface area (Å²) >= 11 is 3.66. The molecule has 2 aliphatic rings. The molecule has 0 unspecified atom stereocenters. The molecule has 0 heterocycles. The normalized spacial score (nSPS) is 12.9. The van der Waals surface area contributed by atoms with E-state index in [1.54, 1.807) is 38.9 Å². The molecule has 123 heavy (non-hydrogen) atoms. The minimum Gasteiger partial charge on any atom is 0 e. The van der Waals surface area contributed by atoms with Crippen molar-refractivity contribution in [3.63, 3.8) is 0 Å². The summed E-state index contributed by atoms with van der Waals surface area (Å²) in [5.41, 5.74) is 23.6. The predicted octanol–water partition coefficient (Wildman–Crippen LogP) is 28.3. The van der Waals surface area contributed by atoms with Gasteiger partial charge in [0.1, 0.15) is 68.6 Å². The molecular weight excluding hydrogens is 1940 g/mol. The zero-order valence-corrected chi connectivity index (χ0v) is 84.2. The predicted molar refractivity (Wildman–Crippen MR) is 499 cm³/mol. The summed E-state index contributed by atoms with van der Waals surface area (Å²) in [4.78, 5) is 26.6. The number of aryl methyl sites for hydroxylation is 12. The summed E-state index contributed by atoms with van der Waals surface area (Å²) in [6, 6.07) is 41.6. The molecule has 9 aromatic rings. The number of methoxy groups -OCH3 is 2. The van der Waals surface area contributed by atoms with Crippen molar-refractivity contribution in [1.82, 2.24) is 0 Å². The summed E-state index contributed by atoms with van der Waals surface area (Å²) in [7, 11) is 7.43. The summed E-state index contributed by atoms with van der Waals surface area (Å²) in [6.07, 6.45) is 24.1. The van der Waals surface area contributed by atoms with Crippen LogP contribution in [0.1, 0.15) is 259 Å². The molecule has 6 N–H and O–H groups in total. The van der Waals surface area contributed by atoms with Crippen molar-refractivity contribution in [2.75, 3.05) is 14.2 Å². The number of para-hydroxylation sites is 1. The molecule has 5 radical (unpaired) electrons. The van der Waals surface area contributed by atoms with Gasteiger partial charge in [0.05, 0.1) is 14.2 Å². The Bertz CT molecular complexity index is 4970. The van der Waals surface area contributed by atoms with E-state index in [2.05, 4.69) is 189 Å². The van der Waals surface area contributed by atoms with Crippen molar-refractivity contribution in [2.45, 2.75) is 253 Å². The van der Waals surface area contributed by atoms with Crippen molar-refractivity contribution in [2.24, 2.45) is 41.8 Å². The first-order chi connectivity index (χ1) is 55.5. The summed E-state index contributed by atoms with van der Waals surface area (Å²) in [5.74, 6) is 4.54. The van der Waals surface area contributed by atoms with Crippen LogP contribution in [0.15, 0.2) is 157 Å². The van der Waals surface area contributed by atoms with Gasteiger partial charge in [0.15, 0.2) is 11.5 Å². The van der Waals surface area contributed by atoms with Crippen LogP contribution in [0, 0.1) is 94.9 Å². The van der Waals surface area contributed by atoms with Crippen LogP contribution in [0.5, 0.6) is 46.0 Å². The van der Waals surface area contributed by atoms with Crippen molar-refractivity contribution >= 4 is 81.5 Å². The molecule has 0 amide bonds. The molecule has 21 heteroatoms. The Labute approximate surface area is 812 Å². The largest absolute Gasteiger partial charge is 0 e. The molecule has 14 nitrogen and oxygen atoms in total. The van der Waals surface area contributed by atoms with Gasteiger partial charge in [-0.05, 0) is 276 Å². The summed E-state index contributed by atoms with van der Waals surface area (Å²) in [5, 5.41) is 61.3. The second-order valence-electron chi connectivity index (χ2n) is 34.9. The fourth-order valence-corrected chi connectivity index (χ4v) is 14.3. The quantitative estimate of drug-likeness (QED) is 0.0454. The Hall–Kier alpha value is -6.75. The smallest absolute Gasteiger partial charge is 0 e. The molecule has 9 aromatic carbocycles. The second-order valence-corrected chi connectivity index (χ2v) is 34.9. The Morgan fingerprint density at radius 1 is 0.366 bits per heavy atom. The Balaban J connectivity index is 0.00000145. The third-order valence-electron chi connectivity index (χ3n) is 20.6. The van der Waals surface area contributed by atoms with Crippen LogP contribution in [-0.2, 0) is 127 Å². The number of nitrogens with zero attached hydrogens (tertiary/aromatic N) is 6. The van der Waals surface area contributed by atoms with E-state index in [1.807, 2.05) is 173 Å². The Kier molecular flexibility index (Phi) is 52.7. The van der Waals surface area contributed by atoms with E-state index < -0.39 is 0 Å². The average molecular weight is 2080 g/mol. The first-order valence-electron chi connectivity index (χ1n) is 41.2. The molecule has 0 saturated heterocycles. The maximum Gasteiger partial charge on any atom is 0 e. The third kappa shape index (κ3) is 37.2. The number of aromatic hydroxyl groups is 6. The van der Waals surface area contributed by atoms with Crippen molar-refractivity contribution < 1.29 is 151 Å². The maximum absolute atomic E-state index is 10.6. The van der Waals surface area contributed by atoms with Crippen LogP contribution < -0.4 is 9.47 Å². The Morgan fingerprint density at radius 3 is 1.08 bits per heavy atom. The number of benzene rings is 9. The molecule has 2 fully saturated rings. The standard InChI is InChI=1S/C21H27NO.C19H23NO3.C19H23NO.C18H27NO.C15H21NO.C10H13NO.2Ag.ClH.4Cu/c1-13-8-15(3)17(16(4)9-13)12-22-19-11-14(2)10-18(20(19)23)21(5,6)7;1-12(2)15-7-6-8-16(18(15)21)20-11-14-9-13(3)19(23-5)17(10-14)22-4;1-13-6-8-15(9-7-13)12-20-17-11-14(2)10-16(18(17)21)19(3,4)5;1-13-10-15(18(2,3)4)17(20)16(11-13)19-12-14-8-6-5-7-9-14;1-11-8-12(2)15(17)14(9-11)16-10-13-6-4-3-5-7-13;1-4-11-9-6-7(2)5-8(3)10(9)12;;;;;;;/h8-12,23H,1-7H3;6-12,21H,1-5H3;6-12,21H,1-5H3;10-12,14,20H,5-9H2,1-4H3;8-10,13,17H,3-7H2,1-2H3;4-6,12H,1-3H3;;;1H;;;;/q;;;;;;;;;;;;+1/p-1. The van der Waals surface area contributed by atoms with Gasteiger partial charge in [-0.1, -0.05) is 205 Å². The number of aliphatic imine (C=N–C) groups is 6. The van der Waals surface area contributed by atoms with Gasteiger partial charge in [-0.3, -0.25) is 30.0 Å². The van der Waals surface area contributed by atoms with Crippen LogP contribution in [0.25, 0.3) is 0 Å². The molecule has 0 bridgehead atoms. The third-order valence-corrected chi connectivity index (χ3v) is 20.6. The topological polar surface area (TPSA) is 214 Å². The van der Waals surface area contributed by atoms with E-state index in [-0.39, 0.29) is 141 Å². The van der Waals surface area contributed by atoms with Crippen LogP contribution in [0.4, 0.5) is 34.1 Å². The van der Waals surface area contributed by atoms with Gasteiger partial charge in [-0.25, -0.2) is 0 Å². The molecule has 0 spiro atoms. The van der Waals surface area contributed by atoms with Gasteiger partial charge in [-0.2, -0.15) is 0 Å². The van der Waals surface area contributed by atoms with E-state index in [9.17, 15) is 30.6 Å². The van der Waals surface area contributed by atoms with E-state index in [4.69, 9.17) is 9.47 Å². The number of phenols is 6. The minimum atomic E-state index is -0.115. The Morgan fingerprint density at radius 2 is 0.707 bits per heavy atom.